The first kappa shape index (κ1) is 26.0. The summed E-state index contributed by atoms with van der Waals surface area (Å²) < 4.78 is 32.6. The molecule has 0 bridgehead atoms. The Balaban J connectivity index is 4.56. The van der Waals surface area contributed by atoms with Crippen LogP contribution in [0.25, 0.3) is 0 Å². The fraction of sp³-hybridized carbons (Fsp3) is 0.882. The first-order valence-corrected chi connectivity index (χ1v) is 10.8. The zero-order valence-electron chi connectivity index (χ0n) is 17.1. The summed E-state index contributed by atoms with van der Waals surface area (Å²) in [4.78, 5) is 33.1. The number of carbonyl (C=O) groups excluding carboxylic acids is 2. The van der Waals surface area contributed by atoms with Crippen molar-refractivity contribution in [2.24, 2.45) is 0 Å². The van der Waals surface area contributed by atoms with Gasteiger partial charge in [0.05, 0.1) is 27.7 Å². The fourth-order valence-electron chi connectivity index (χ4n) is 1.79. The van der Waals surface area contributed by atoms with Crippen LogP contribution in [-0.2, 0) is 32.7 Å². The maximum absolute atomic E-state index is 12.0. The van der Waals surface area contributed by atoms with E-state index in [9.17, 15) is 19.0 Å². The molecule has 0 aliphatic rings. The van der Waals surface area contributed by atoms with Crippen molar-refractivity contribution in [3.63, 3.8) is 0 Å². The number of rotatable bonds is 15. The monoisotopic (exact) mass is 412 g/mol. The number of phosphoric acid groups is 1. The number of esters is 2. The maximum atomic E-state index is 12.0. The van der Waals surface area contributed by atoms with Gasteiger partial charge in [-0.3, -0.25) is 18.6 Å². The number of likely N-dealkylation sites (N-methyl/N-ethyl adjacent to an activating group) is 1. The molecule has 0 radical (unpaired) electrons. The van der Waals surface area contributed by atoms with Crippen molar-refractivity contribution in [3.05, 3.63) is 0 Å². The smallest absolute Gasteiger partial charge is 0.462 e. The molecule has 0 aliphatic carbocycles. The van der Waals surface area contributed by atoms with Crippen LogP contribution in [0.1, 0.15) is 46.0 Å². The minimum Gasteiger partial charge on any atom is -0.462 e. The van der Waals surface area contributed by atoms with E-state index in [1.54, 1.807) is 0 Å². The number of nitrogens with zero attached hydrogens (tertiary/aromatic N) is 1. The lowest BCUT2D eigenvalue weighted by atomic mass is 10.2. The Morgan fingerprint density at radius 3 is 2.22 bits per heavy atom. The van der Waals surface area contributed by atoms with E-state index in [-0.39, 0.29) is 26.1 Å². The predicted molar refractivity (Wildman–Crippen MR) is 99.9 cm³/mol. The Bertz CT molecular complexity index is 492. The zero-order valence-corrected chi connectivity index (χ0v) is 18.0. The fourth-order valence-corrected chi connectivity index (χ4v) is 2.53. The van der Waals surface area contributed by atoms with Gasteiger partial charge in [0, 0.05) is 12.8 Å². The lowest BCUT2D eigenvalue weighted by Crippen LogP contribution is -2.37. The minimum absolute atomic E-state index is 0.0313. The molecule has 0 fully saturated rings. The normalized spacial score (nSPS) is 15.0. The molecule has 0 heterocycles. The van der Waals surface area contributed by atoms with Crippen molar-refractivity contribution < 1.29 is 42.1 Å². The Labute approximate surface area is 162 Å². The van der Waals surface area contributed by atoms with E-state index < -0.39 is 32.5 Å². The quantitative estimate of drug-likeness (QED) is 0.248. The third kappa shape index (κ3) is 15.7. The van der Waals surface area contributed by atoms with Gasteiger partial charge in [-0.05, 0) is 12.8 Å². The molecule has 0 aromatic rings. The number of quaternary nitrogens is 1. The van der Waals surface area contributed by atoms with Crippen LogP contribution >= 0.6 is 7.82 Å². The molecule has 0 saturated carbocycles. The van der Waals surface area contributed by atoms with Gasteiger partial charge in [0.2, 0.25) is 0 Å². The van der Waals surface area contributed by atoms with Crippen molar-refractivity contribution in [3.8, 4) is 0 Å². The molecule has 0 amide bonds. The van der Waals surface area contributed by atoms with Crippen molar-refractivity contribution >= 4 is 19.8 Å². The molecule has 27 heavy (non-hydrogen) atoms. The van der Waals surface area contributed by atoms with Gasteiger partial charge in [-0.15, -0.1) is 0 Å². The summed E-state index contributed by atoms with van der Waals surface area (Å²) >= 11 is 0. The Morgan fingerprint density at radius 1 is 1.00 bits per heavy atom. The SMILES string of the molecule is CCCCC(=O)OC[C@H](COP(=O)(O)OCC[N+](C)(C)C)OC(=O)CCC. The van der Waals surface area contributed by atoms with Gasteiger partial charge in [0.25, 0.3) is 0 Å². The van der Waals surface area contributed by atoms with E-state index in [0.717, 1.165) is 6.42 Å². The zero-order chi connectivity index (χ0) is 20.9. The number of hydrogen-bond donors (Lipinski definition) is 1. The summed E-state index contributed by atoms with van der Waals surface area (Å²) in [5.74, 6) is -0.908. The summed E-state index contributed by atoms with van der Waals surface area (Å²) in [6.07, 6.45) is 1.62. The van der Waals surface area contributed by atoms with E-state index in [1.165, 1.54) is 0 Å². The Kier molecular flexibility index (Phi) is 12.7. The lowest BCUT2D eigenvalue weighted by molar-refractivity contribution is -0.870. The van der Waals surface area contributed by atoms with Gasteiger partial charge in [0.1, 0.15) is 19.8 Å². The third-order valence-electron chi connectivity index (χ3n) is 3.36. The first-order valence-electron chi connectivity index (χ1n) is 9.26. The number of phosphoric ester groups is 1. The van der Waals surface area contributed by atoms with Crippen LogP contribution in [0.15, 0.2) is 0 Å². The maximum Gasteiger partial charge on any atom is 0.472 e. The average molecular weight is 412 g/mol. The first-order chi connectivity index (χ1) is 12.5. The molecule has 0 aromatic heterocycles. The number of hydrogen-bond acceptors (Lipinski definition) is 7. The van der Waals surface area contributed by atoms with Gasteiger partial charge in [-0.25, -0.2) is 4.57 Å². The Hall–Kier alpha value is -0.990. The highest BCUT2D eigenvalue weighted by Gasteiger charge is 2.26. The van der Waals surface area contributed by atoms with E-state index in [2.05, 4.69) is 0 Å². The summed E-state index contributed by atoms with van der Waals surface area (Å²) in [5, 5.41) is 0. The number of unbranched alkanes of at least 4 members (excludes halogenated alkanes) is 1. The van der Waals surface area contributed by atoms with E-state index in [0.29, 0.717) is 23.9 Å². The van der Waals surface area contributed by atoms with E-state index in [1.807, 2.05) is 35.0 Å². The van der Waals surface area contributed by atoms with E-state index >= 15 is 0 Å². The predicted octanol–water partition coefficient (Wildman–Crippen LogP) is 2.27. The highest BCUT2D eigenvalue weighted by molar-refractivity contribution is 7.47. The van der Waals surface area contributed by atoms with E-state index in [4.69, 9.17) is 18.5 Å². The van der Waals surface area contributed by atoms with Crippen LogP contribution in [0.5, 0.6) is 0 Å². The summed E-state index contributed by atoms with van der Waals surface area (Å²) in [6, 6.07) is 0. The van der Waals surface area contributed by atoms with Crippen LogP contribution in [0.4, 0.5) is 0 Å². The van der Waals surface area contributed by atoms with Crippen molar-refractivity contribution in [1.29, 1.82) is 0 Å². The van der Waals surface area contributed by atoms with Gasteiger partial charge < -0.3 is 18.9 Å². The Morgan fingerprint density at radius 2 is 1.67 bits per heavy atom. The molecule has 10 heteroatoms. The molecule has 2 atom stereocenters. The highest BCUT2D eigenvalue weighted by atomic mass is 31.2. The molecule has 9 nitrogen and oxygen atoms in total. The topological polar surface area (TPSA) is 108 Å². The standard InChI is InChI=1S/C17H34NO8P/c1-6-8-10-16(19)23-13-15(26-17(20)9-7-2)14-25-27(21,22)24-12-11-18(3,4)5/h15H,6-14H2,1-5H3/p+1/t15-/m1/s1. The summed E-state index contributed by atoms with van der Waals surface area (Å²) in [5.41, 5.74) is 0. The van der Waals surface area contributed by atoms with Gasteiger partial charge >= 0.3 is 19.8 Å². The molecule has 160 valence electrons. The molecule has 0 aliphatic heterocycles. The molecule has 0 aromatic carbocycles. The molecule has 1 unspecified atom stereocenters. The lowest BCUT2D eigenvalue weighted by Gasteiger charge is -2.24. The van der Waals surface area contributed by atoms with Crippen LogP contribution in [-0.4, -0.2) is 74.9 Å². The van der Waals surface area contributed by atoms with Crippen LogP contribution < -0.4 is 0 Å². The molecule has 0 rings (SSSR count). The van der Waals surface area contributed by atoms with Crippen LogP contribution in [0.3, 0.4) is 0 Å². The summed E-state index contributed by atoms with van der Waals surface area (Å²) in [7, 11) is 1.46. The molecule has 0 saturated heterocycles. The highest BCUT2D eigenvalue weighted by Crippen LogP contribution is 2.43. The van der Waals surface area contributed by atoms with Gasteiger partial charge in [-0.2, -0.15) is 0 Å². The second kappa shape index (κ2) is 13.2. The molecular formula is C17H35NO8P+. The van der Waals surface area contributed by atoms with Crippen LogP contribution in [0.2, 0.25) is 0 Å². The molecule has 0 spiro atoms. The third-order valence-corrected chi connectivity index (χ3v) is 4.34. The second-order valence-electron chi connectivity index (χ2n) is 7.26. The molecular weight excluding hydrogens is 377 g/mol. The van der Waals surface area contributed by atoms with Crippen LogP contribution in [0, 0.1) is 0 Å². The van der Waals surface area contributed by atoms with Crippen molar-refractivity contribution in [1.82, 2.24) is 0 Å². The van der Waals surface area contributed by atoms with Gasteiger partial charge in [0.15, 0.2) is 6.10 Å². The van der Waals surface area contributed by atoms with Gasteiger partial charge in [-0.1, -0.05) is 20.3 Å². The summed E-state index contributed by atoms with van der Waals surface area (Å²) in [6.45, 7) is 3.67. The largest absolute Gasteiger partial charge is 0.472 e. The second-order valence-corrected chi connectivity index (χ2v) is 8.71. The number of carbonyl (C=O) groups is 2. The van der Waals surface area contributed by atoms with Crippen molar-refractivity contribution in [2.45, 2.75) is 52.1 Å². The minimum atomic E-state index is -4.30. The average Bonchev–Trinajstić information content (AvgIpc) is 2.54. The van der Waals surface area contributed by atoms with Crippen molar-refractivity contribution in [2.75, 3.05) is 47.5 Å². The molecule has 1 N–H and O–H groups in total. The number of ether oxygens (including phenoxy) is 2.